The summed E-state index contributed by atoms with van der Waals surface area (Å²) < 4.78 is 17.4. The number of carbonyl (C=O) groups is 1. The smallest absolute Gasteiger partial charge is 0.252 e. The molecule has 4 rings (SSSR count). The molecule has 8 heteroatoms. The van der Waals surface area contributed by atoms with E-state index in [0.717, 1.165) is 46.9 Å². The van der Waals surface area contributed by atoms with E-state index in [1.165, 1.54) is 11.3 Å². The molecule has 1 aliphatic heterocycles. The Bertz CT molecular complexity index is 1140. The molecule has 2 heterocycles. The summed E-state index contributed by atoms with van der Waals surface area (Å²) in [6, 6.07) is 11.5. The number of benzene rings is 2. The highest BCUT2D eigenvalue weighted by Crippen LogP contribution is 2.33. The molecule has 1 amide bonds. The first-order valence-corrected chi connectivity index (χ1v) is 12.1. The fourth-order valence-electron chi connectivity index (χ4n) is 3.62. The van der Waals surface area contributed by atoms with Crippen LogP contribution in [0.3, 0.4) is 0 Å². The Kier molecular flexibility index (Phi) is 7.47. The molecule has 1 aliphatic rings. The minimum absolute atomic E-state index is 0.107. The van der Waals surface area contributed by atoms with Crippen molar-refractivity contribution in [1.29, 1.82) is 0 Å². The number of fused-ring (bicyclic) bond motifs is 2. The van der Waals surface area contributed by atoms with Crippen molar-refractivity contribution in [1.82, 2.24) is 9.88 Å². The number of thiazole rings is 1. The third-order valence-electron chi connectivity index (χ3n) is 5.51. The SMILES string of the molecule is CCOc1ccc2nc(N(CCN(CC)CC)C(=O)/C=C/c3ccc4c(c3)OCO4)sc2c1. The molecule has 0 saturated carbocycles. The molecule has 0 atom stereocenters. The second-order valence-corrected chi connectivity index (χ2v) is 8.53. The lowest BCUT2D eigenvalue weighted by molar-refractivity contribution is -0.114. The lowest BCUT2D eigenvalue weighted by Crippen LogP contribution is -2.38. The molecule has 3 aromatic rings. The normalized spacial score (nSPS) is 12.7. The molecule has 0 saturated heterocycles. The monoisotopic (exact) mass is 467 g/mol. The fraction of sp³-hybridized carbons (Fsp3) is 0.360. The zero-order chi connectivity index (χ0) is 23.2. The third kappa shape index (κ3) is 5.46. The Balaban J connectivity index is 1.58. The lowest BCUT2D eigenvalue weighted by atomic mass is 10.2. The highest BCUT2D eigenvalue weighted by atomic mass is 32.1. The van der Waals surface area contributed by atoms with E-state index in [-0.39, 0.29) is 12.7 Å². The lowest BCUT2D eigenvalue weighted by Gasteiger charge is -2.23. The van der Waals surface area contributed by atoms with E-state index in [4.69, 9.17) is 19.2 Å². The summed E-state index contributed by atoms with van der Waals surface area (Å²) in [5, 5.41) is 0.686. The van der Waals surface area contributed by atoms with Crippen LogP contribution in [0.5, 0.6) is 17.2 Å². The molecule has 0 N–H and O–H groups in total. The molecule has 1 aromatic heterocycles. The maximum atomic E-state index is 13.3. The van der Waals surface area contributed by atoms with Crippen molar-refractivity contribution in [2.45, 2.75) is 20.8 Å². The Labute approximate surface area is 198 Å². The number of aromatic nitrogens is 1. The highest BCUT2D eigenvalue weighted by molar-refractivity contribution is 7.22. The van der Waals surface area contributed by atoms with Gasteiger partial charge in [0.2, 0.25) is 6.79 Å². The van der Waals surface area contributed by atoms with Gasteiger partial charge in [0.15, 0.2) is 16.6 Å². The van der Waals surface area contributed by atoms with Crippen molar-refractivity contribution in [2.75, 3.05) is 44.5 Å². The van der Waals surface area contributed by atoms with Gasteiger partial charge in [-0.15, -0.1) is 0 Å². The summed E-state index contributed by atoms with van der Waals surface area (Å²) in [6.45, 7) is 10.2. The van der Waals surface area contributed by atoms with Crippen LogP contribution in [0.4, 0.5) is 5.13 Å². The van der Waals surface area contributed by atoms with Gasteiger partial charge in [0, 0.05) is 19.2 Å². The van der Waals surface area contributed by atoms with Crippen LogP contribution < -0.4 is 19.1 Å². The van der Waals surface area contributed by atoms with E-state index in [1.54, 1.807) is 17.1 Å². The molecule has 33 heavy (non-hydrogen) atoms. The molecule has 2 aromatic carbocycles. The Hall–Kier alpha value is -3.10. The van der Waals surface area contributed by atoms with Crippen molar-refractivity contribution in [3.05, 3.63) is 48.0 Å². The van der Waals surface area contributed by atoms with Crippen LogP contribution in [0, 0.1) is 0 Å². The van der Waals surface area contributed by atoms with Crippen LogP contribution in [0.1, 0.15) is 26.3 Å². The van der Waals surface area contributed by atoms with E-state index in [2.05, 4.69) is 18.7 Å². The van der Waals surface area contributed by atoms with Crippen molar-refractivity contribution < 1.29 is 19.0 Å². The predicted octanol–water partition coefficient (Wildman–Crippen LogP) is 4.81. The molecular formula is C25H29N3O4S. The maximum absolute atomic E-state index is 13.3. The van der Waals surface area contributed by atoms with Crippen molar-refractivity contribution in [2.24, 2.45) is 0 Å². The van der Waals surface area contributed by atoms with Gasteiger partial charge in [0.25, 0.3) is 5.91 Å². The second-order valence-electron chi connectivity index (χ2n) is 7.52. The largest absolute Gasteiger partial charge is 0.494 e. The van der Waals surface area contributed by atoms with Crippen LogP contribution >= 0.6 is 11.3 Å². The molecule has 0 spiro atoms. The minimum atomic E-state index is -0.107. The van der Waals surface area contributed by atoms with E-state index in [0.29, 0.717) is 24.0 Å². The molecule has 7 nitrogen and oxygen atoms in total. The van der Waals surface area contributed by atoms with Crippen LogP contribution in [0.15, 0.2) is 42.5 Å². The van der Waals surface area contributed by atoms with Crippen LogP contribution in [0.2, 0.25) is 0 Å². The van der Waals surface area contributed by atoms with Crippen LogP contribution in [-0.2, 0) is 4.79 Å². The number of hydrogen-bond acceptors (Lipinski definition) is 7. The summed E-state index contributed by atoms with van der Waals surface area (Å²) in [7, 11) is 0. The van der Waals surface area contributed by atoms with Gasteiger partial charge in [-0.25, -0.2) is 4.98 Å². The standard InChI is InChI=1S/C25H29N3O4S/c1-4-27(5-2)13-14-28(25-26-20-10-9-19(30-6-3)16-23(20)33-25)24(29)12-8-18-7-11-21-22(15-18)32-17-31-21/h7-12,15-16H,4-6,13-14,17H2,1-3H3/b12-8+. The molecule has 0 unspecified atom stereocenters. The predicted molar refractivity (Wildman–Crippen MR) is 133 cm³/mol. The van der Waals surface area contributed by atoms with Gasteiger partial charge in [-0.2, -0.15) is 0 Å². The van der Waals surface area contributed by atoms with Crippen molar-refractivity contribution in [3.63, 3.8) is 0 Å². The Morgan fingerprint density at radius 1 is 1.09 bits per heavy atom. The summed E-state index contributed by atoms with van der Waals surface area (Å²) in [4.78, 5) is 22.1. The highest BCUT2D eigenvalue weighted by Gasteiger charge is 2.19. The van der Waals surface area contributed by atoms with Gasteiger partial charge in [0.1, 0.15) is 5.75 Å². The van der Waals surface area contributed by atoms with E-state index >= 15 is 0 Å². The molecule has 0 fully saturated rings. The second kappa shape index (κ2) is 10.7. The fourth-order valence-corrected chi connectivity index (χ4v) is 4.65. The van der Waals surface area contributed by atoms with Gasteiger partial charge < -0.3 is 19.1 Å². The van der Waals surface area contributed by atoms with E-state index in [9.17, 15) is 4.79 Å². The van der Waals surface area contributed by atoms with Crippen molar-refractivity contribution in [3.8, 4) is 17.2 Å². The number of nitrogens with zero attached hydrogens (tertiary/aromatic N) is 3. The molecule has 0 radical (unpaired) electrons. The number of anilines is 1. The summed E-state index contributed by atoms with van der Waals surface area (Å²) >= 11 is 1.50. The average molecular weight is 468 g/mol. The maximum Gasteiger partial charge on any atom is 0.252 e. The van der Waals surface area contributed by atoms with Gasteiger partial charge >= 0.3 is 0 Å². The molecule has 174 valence electrons. The van der Waals surface area contributed by atoms with Gasteiger partial charge in [0.05, 0.1) is 16.8 Å². The van der Waals surface area contributed by atoms with Crippen molar-refractivity contribution >= 4 is 38.7 Å². The van der Waals surface area contributed by atoms with Gasteiger partial charge in [-0.1, -0.05) is 31.3 Å². The van der Waals surface area contributed by atoms with E-state index < -0.39 is 0 Å². The Morgan fingerprint density at radius 3 is 2.70 bits per heavy atom. The average Bonchev–Trinajstić information content (AvgIpc) is 3.46. The number of hydrogen-bond donors (Lipinski definition) is 0. The molecule has 0 bridgehead atoms. The quantitative estimate of drug-likeness (QED) is 0.399. The van der Waals surface area contributed by atoms with E-state index in [1.807, 2.05) is 43.3 Å². The number of likely N-dealkylation sites (N-methyl/N-ethyl adjacent to an activating group) is 1. The first-order chi connectivity index (χ1) is 16.1. The number of amides is 1. The van der Waals surface area contributed by atoms with Crippen LogP contribution in [0.25, 0.3) is 16.3 Å². The Morgan fingerprint density at radius 2 is 1.91 bits per heavy atom. The first kappa shape index (κ1) is 23.1. The summed E-state index contributed by atoms with van der Waals surface area (Å²) in [6.07, 6.45) is 3.40. The topological polar surface area (TPSA) is 64.1 Å². The summed E-state index contributed by atoms with van der Waals surface area (Å²) in [5.74, 6) is 2.12. The third-order valence-corrected chi connectivity index (χ3v) is 6.55. The first-order valence-electron chi connectivity index (χ1n) is 11.3. The number of carbonyl (C=O) groups excluding carboxylic acids is 1. The molecular weight excluding hydrogens is 438 g/mol. The van der Waals surface area contributed by atoms with Gasteiger partial charge in [-0.3, -0.25) is 9.69 Å². The minimum Gasteiger partial charge on any atom is -0.494 e. The van der Waals surface area contributed by atoms with Crippen LogP contribution in [-0.4, -0.2) is 55.4 Å². The summed E-state index contributed by atoms with van der Waals surface area (Å²) in [5.41, 5.74) is 1.74. The number of ether oxygens (including phenoxy) is 3. The molecule has 0 aliphatic carbocycles. The zero-order valence-electron chi connectivity index (χ0n) is 19.2. The zero-order valence-corrected chi connectivity index (χ0v) is 20.1. The van der Waals surface area contributed by atoms with Gasteiger partial charge in [-0.05, 0) is 62.0 Å². The number of rotatable bonds is 10.